The first-order valence-electron chi connectivity index (χ1n) is 7.64. The number of hydrogen-bond donors (Lipinski definition) is 1. The van der Waals surface area contributed by atoms with Crippen LogP contribution in [0.3, 0.4) is 0 Å². The van der Waals surface area contributed by atoms with Gasteiger partial charge in [-0.3, -0.25) is 4.79 Å². The van der Waals surface area contributed by atoms with Crippen molar-refractivity contribution in [2.75, 3.05) is 12.4 Å². The number of anilines is 1. The van der Waals surface area contributed by atoms with E-state index in [4.69, 9.17) is 11.6 Å². The molecule has 0 aliphatic heterocycles. The molecule has 0 unspecified atom stereocenters. The second-order valence-corrected chi connectivity index (χ2v) is 6.89. The molecule has 27 heavy (non-hydrogen) atoms. The average molecular weight is 408 g/mol. The fourth-order valence-electron chi connectivity index (χ4n) is 2.36. The monoisotopic (exact) mass is 407 g/mol. The van der Waals surface area contributed by atoms with E-state index in [0.29, 0.717) is 21.0 Å². The summed E-state index contributed by atoms with van der Waals surface area (Å²) in [5.74, 6) is -2.91. The summed E-state index contributed by atoms with van der Waals surface area (Å²) < 4.78 is 32.1. The molecule has 1 aromatic heterocycles. The zero-order valence-electron chi connectivity index (χ0n) is 13.9. The van der Waals surface area contributed by atoms with Crippen molar-refractivity contribution >= 4 is 40.5 Å². The van der Waals surface area contributed by atoms with Crippen LogP contribution in [-0.4, -0.2) is 19.0 Å². The predicted molar refractivity (Wildman–Crippen MR) is 100 cm³/mol. The summed E-state index contributed by atoms with van der Waals surface area (Å²) in [7, 11) is 1.27. The van der Waals surface area contributed by atoms with E-state index in [-0.39, 0.29) is 4.88 Å². The average Bonchev–Trinajstić information content (AvgIpc) is 3.14. The third-order valence-corrected chi connectivity index (χ3v) is 5.13. The minimum atomic E-state index is -0.867. The number of carbonyl (C=O) groups excluding carboxylic acids is 2. The normalized spacial score (nSPS) is 10.5. The largest absolute Gasteiger partial charge is 0.465 e. The van der Waals surface area contributed by atoms with Gasteiger partial charge in [0, 0.05) is 15.5 Å². The number of thiophene rings is 1. The maximum atomic E-state index is 13.7. The van der Waals surface area contributed by atoms with Crippen LogP contribution in [-0.2, 0) is 4.74 Å². The van der Waals surface area contributed by atoms with Crippen LogP contribution in [0.5, 0.6) is 0 Å². The first kappa shape index (κ1) is 19.0. The van der Waals surface area contributed by atoms with Gasteiger partial charge in [-0.15, -0.1) is 11.3 Å². The third-order valence-electron chi connectivity index (χ3n) is 3.68. The first-order chi connectivity index (χ1) is 12.9. The van der Waals surface area contributed by atoms with E-state index >= 15 is 0 Å². The van der Waals surface area contributed by atoms with Crippen LogP contribution >= 0.6 is 22.9 Å². The SMILES string of the molecule is COC(=O)c1ccc(Cl)c(-c2ccc(C(=O)Nc3c(F)cccc3F)s2)c1. The van der Waals surface area contributed by atoms with Crippen LogP contribution in [0.1, 0.15) is 20.0 Å². The van der Waals surface area contributed by atoms with Crippen molar-refractivity contribution in [3.05, 3.63) is 75.6 Å². The number of para-hydroxylation sites is 1. The molecule has 2 aromatic carbocycles. The van der Waals surface area contributed by atoms with E-state index in [9.17, 15) is 18.4 Å². The zero-order valence-corrected chi connectivity index (χ0v) is 15.5. The van der Waals surface area contributed by atoms with Crippen molar-refractivity contribution in [1.29, 1.82) is 0 Å². The highest BCUT2D eigenvalue weighted by atomic mass is 35.5. The molecule has 0 saturated carbocycles. The van der Waals surface area contributed by atoms with Crippen LogP contribution < -0.4 is 5.32 Å². The van der Waals surface area contributed by atoms with Crippen LogP contribution in [0.25, 0.3) is 10.4 Å². The van der Waals surface area contributed by atoms with E-state index in [1.807, 2.05) is 0 Å². The Morgan fingerprint density at radius 2 is 1.78 bits per heavy atom. The van der Waals surface area contributed by atoms with Crippen molar-refractivity contribution in [2.24, 2.45) is 0 Å². The molecule has 0 aliphatic carbocycles. The first-order valence-corrected chi connectivity index (χ1v) is 8.83. The molecular weight excluding hydrogens is 396 g/mol. The maximum absolute atomic E-state index is 13.7. The Labute approximate surface area is 162 Å². The van der Waals surface area contributed by atoms with Crippen LogP contribution in [0.15, 0.2) is 48.5 Å². The molecule has 0 saturated heterocycles. The minimum Gasteiger partial charge on any atom is -0.465 e. The number of rotatable bonds is 4. The van der Waals surface area contributed by atoms with Crippen LogP contribution in [0.4, 0.5) is 14.5 Å². The number of nitrogens with one attached hydrogen (secondary N) is 1. The zero-order chi connectivity index (χ0) is 19.6. The lowest BCUT2D eigenvalue weighted by Crippen LogP contribution is -2.12. The Kier molecular flexibility index (Phi) is 5.53. The standard InChI is InChI=1S/C19H12ClF2NO3S/c1-26-19(25)10-5-6-12(20)11(9-10)15-7-8-16(27-15)18(24)23-17-13(21)3-2-4-14(17)22/h2-9H,1H3,(H,23,24). The summed E-state index contributed by atoms with van der Waals surface area (Å²) in [5, 5.41) is 2.61. The molecule has 1 heterocycles. The van der Waals surface area contributed by atoms with E-state index in [0.717, 1.165) is 23.5 Å². The van der Waals surface area contributed by atoms with Gasteiger partial charge in [-0.25, -0.2) is 13.6 Å². The number of hydrogen-bond acceptors (Lipinski definition) is 4. The number of halogens is 3. The van der Waals surface area contributed by atoms with Crippen molar-refractivity contribution in [3.63, 3.8) is 0 Å². The highest BCUT2D eigenvalue weighted by Gasteiger charge is 2.17. The van der Waals surface area contributed by atoms with E-state index < -0.39 is 29.2 Å². The van der Waals surface area contributed by atoms with Gasteiger partial charge in [-0.2, -0.15) is 0 Å². The van der Waals surface area contributed by atoms with Gasteiger partial charge in [0.1, 0.15) is 17.3 Å². The molecule has 0 fully saturated rings. The number of methoxy groups -OCH3 is 1. The summed E-state index contributed by atoms with van der Waals surface area (Å²) in [6.07, 6.45) is 0. The minimum absolute atomic E-state index is 0.229. The Hall–Kier alpha value is -2.77. The van der Waals surface area contributed by atoms with Gasteiger partial charge in [-0.05, 0) is 42.5 Å². The van der Waals surface area contributed by atoms with E-state index in [1.54, 1.807) is 18.2 Å². The molecule has 0 atom stereocenters. The highest BCUT2D eigenvalue weighted by Crippen LogP contribution is 2.34. The summed E-state index contributed by atoms with van der Waals surface area (Å²) in [4.78, 5) is 24.9. The molecule has 8 heteroatoms. The van der Waals surface area contributed by atoms with Gasteiger partial charge < -0.3 is 10.1 Å². The third kappa shape index (κ3) is 3.99. The van der Waals surface area contributed by atoms with Gasteiger partial charge in [0.15, 0.2) is 0 Å². The molecule has 0 radical (unpaired) electrons. The second-order valence-electron chi connectivity index (χ2n) is 5.40. The highest BCUT2D eigenvalue weighted by molar-refractivity contribution is 7.17. The maximum Gasteiger partial charge on any atom is 0.337 e. The van der Waals surface area contributed by atoms with Gasteiger partial charge in [0.25, 0.3) is 5.91 Å². The Morgan fingerprint density at radius 3 is 2.44 bits per heavy atom. The van der Waals surface area contributed by atoms with Crippen LogP contribution in [0, 0.1) is 11.6 Å². The summed E-state index contributed by atoms with van der Waals surface area (Å²) in [6, 6.07) is 11.1. The van der Waals surface area contributed by atoms with Crippen LogP contribution in [0.2, 0.25) is 5.02 Å². The molecule has 3 rings (SSSR count). The Morgan fingerprint density at radius 1 is 1.07 bits per heavy atom. The Balaban J connectivity index is 1.89. The van der Waals surface area contributed by atoms with Gasteiger partial charge >= 0.3 is 5.97 Å². The molecular formula is C19H12ClF2NO3S. The lowest BCUT2D eigenvalue weighted by Gasteiger charge is -2.06. The summed E-state index contributed by atoms with van der Waals surface area (Å²) >= 11 is 7.27. The van der Waals surface area contributed by atoms with E-state index in [2.05, 4.69) is 10.1 Å². The van der Waals surface area contributed by atoms with Crippen molar-refractivity contribution in [3.8, 4) is 10.4 Å². The van der Waals surface area contributed by atoms with E-state index in [1.165, 1.54) is 25.3 Å². The topological polar surface area (TPSA) is 55.4 Å². The predicted octanol–water partition coefficient (Wildman–Crippen LogP) is 5.39. The number of carbonyl (C=O) groups is 2. The fourth-order valence-corrected chi connectivity index (χ4v) is 3.56. The number of esters is 1. The molecule has 3 aromatic rings. The second kappa shape index (κ2) is 7.85. The molecule has 0 spiro atoms. The fraction of sp³-hybridized carbons (Fsp3) is 0.0526. The summed E-state index contributed by atoms with van der Waals surface area (Å²) in [5.41, 5.74) is 0.341. The van der Waals surface area contributed by atoms with Gasteiger partial charge in [0.2, 0.25) is 0 Å². The smallest absolute Gasteiger partial charge is 0.337 e. The molecule has 1 N–H and O–H groups in total. The lowest BCUT2D eigenvalue weighted by atomic mass is 10.1. The van der Waals surface area contributed by atoms with Crippen molar-refractivity contribution < 1.29 is 23.1 Å². The number of ether oxygens (including phenoxy) is 1. The molecule has 0 bridgehead atoms. The number of amides is 1. The number of benzene rings is 2. The molecule has 138 valence electrons. The van der Waals surface area contributed by atoms with Crippen molar-refractivity contribution in [1.82, 2.24) is 0 Å². The molecule has 4 nitrogen and oxygen atoms in total. The quantitative estimate of drug-likeness (QED) is 0.590. The van der Waals surface area contributed by atoms with Gasteiger partial charge in [0.05, 0.1) is 17.6 Å². The Bertz CT molecular complexity index is 1020. The van der Waals surface area contributed by atoms with Gasteiger partial charge in [-0.1, -0.05) is 17.7 Å². The van der Waals surface area contributed by atoms with Crippen molar-refractivity contribution in [2.45, 2.75) is 0 Å². The summed E-state index contributed by atoms with van der Waals surface area (Å²) in [6.45, 7) is 0. The molecule has 1 amide bonds. The lowest BCUT2D eigenvalue weighted by molar-refractivity contribution is 0.0600. The molecule has 0 aliphatic rings.